The molecule has 1 heterocycles. The molecule has 106 valence electrons. The molecule has 2 rings (SSSR count). The molecule has 0 bridgehead atoms. The van der Waals surface area contributed by atoms with E-state index in [9.17, 15) is 4.39 Å². The molecular weight excluding hydrogens is 321 g/mol. The maximum Gasteiger partial charge on any atom is 0.163 e. The van der Waals surface area contributed by atoms with E-state index in [-0.39, 0.29) is 11.7 Å². The van der Waals surface area contributed by atoms with Gasteiger partial charge in [0.1, 0.15) is 11.6 Å². The van der Waals surface area contributed by atoms with Crippen molar-refractivity contribution >= 4 is 21.7 Å². The maximum atomic E-state index is 13.4. The lowest BCUT2D eigenvalue weighted by Gasteiger charge is -2.12. The lowest BCUT2D eigenvalue weighted by Crippen LogP contribution is -2.05. The quantitative estimate of drug-likeness (QED) is 0.885. The lowest BCUT2D eigenvalue weighted by molar-refractivity contribution is 0.628. The average molecular weight is 338 g/mol. The van der Waals surface area contributed by atoms with Gasteiger partial charge in [0.25, 0.3) is 0 Å². The summed E-state index contributed by atoms with van der Waals surface area (Å²) in [7, 11) is 0. The smallest absolute Gasteiger partial charge is 0.163 e. The SMILES string of the molecule is CCNc1cc(C(C)C)nc(-c2cc(F)ccc2Br)n1. The number of hydrogen-bond acceptors (Lipinski definition) is 3. The van der Waals surface area contributed by atoms with E-state index in [4.69, 9.17) is 0 Å². The number of anilines is 1. The van der Waals surface area contributed by atoms with Crippen LogP contribution in [0.1, 0.15) is 32.4 Å². The van der Waals surface area contributed by atoms with Gasteiger partial charge in [-0.25, -0.2) is 14.4 Å². The largest absolute Gasteiger partial charge is 0.370 e. The van der Waals surface area contributed by atoms with Crippen molar-refractivity contribution in [3.63, 3.8) is 0 Å². The predicted octanol–water partition coefficient (Wildman–Crippen LogP) is 4.60. The fraction of sp³-hybridized carbons (Fsp3) is 0.333. The van der Waals surface area contributed by atoms with Gasteiger partial charge >= 0.3 is 0 Å². The number of nitrogens with zero attached hydrogens (tertiary/aromatic N) is 2. The van der Waals surface area contributed by atoms with Crippen LogP contribution in [0.2, 0.25) is 0 Å². The van der Waals surface area contributed by atoms with Crippen LogP contribution in [0.3, 0.4) is 0 Å². The summed E-state index contributed by atoms with van der Waals surface area (Å²) in [6.07, 6.45) is 0. The molecule has 1 aromatic heterocycles. The van der Waals surface area contributed by atoms with Crippen molar-refractivity contribution < 1.29 is 4.39 Å². The van der Waals surface area contributed by atoms with Crippen molar-refractivity contribution in [2.45, 2.75) is 26.7 Å². The van der Waals surface area contributed by atoms with Gasteiger partial charge in [-0.2, -0.15) is 0 Å². The molecule has 0 unspecified atom stereocenters. The fourth-order valence-corrected chi connectivity index (χ4v) is 2.25. The van der Waals surface area contributed by atoms with Crippen molar-refractivity contribution in [1.29, 1.82) is 0 Å². The van der Waals surface area contributed by atoms with Gasteiger partial charge in [-0.05, 0) is 31.0 Å². The van der Waals surface area contributed by atoms with Crippen molar-refractivity contribution in [2.24, 2.45) is 0 Å². The number of benzene rings is 1. The summed E-state index contributed by atoms with van der Waals surface area (Å²) in [5.74, 6) is 1.27. The standard InChI is InChI=1S/C15H17BrFN3/c1-4-18-14-8-13(9(2)3)19-15(20-14)11-7-10(17)5-6-12(11)16/h5-9H,4H2,1-3H3,(H,18,19,20). The Kier molecular flexibility index (Phi) is 4.70. The Morgan fingerprint density at radius 3 is 2.65 bits per heavy atom. The minimum absolute atomic E-state index is 0.279. The molecule has 2 aromatic rings. The molecule has 1 N–H and O–H groups in total. The second kappa shape index (κ2) is 6.31. The van der Waals surface area contributed by atoms with Crippen LogP contribution in [0.5, 0.6) is 0 Å². The molecule has 3 nitrogen and oxygen atoms in total. The van der Waals surface area contributed by atoms with E-state index in [0.717, 1.165) is 22.5 Å². The highest BCUT2D eigenvalue weighted by atomic mass is 79.9. The van der Waals surface area contributed by atoms with Gasteiger partial charge < -0.3 is 5.32 Å². The number of hydrogen-bond donors (Lipinski definition) is 1. The molecule has 0 aliphatic heterocycles. The molecule has 0 fully saturated rings. The minimum Gasteiger partial charge on any atom is -0.370 e. The highest BCUT2D eigenvalue weighted by Crippen LogP contribution is 2.28. The Morgan fingerprint density at radius 1 is 1.25 bits per heavy atom. The molecule has 20 heavy (non-hydrogen) atoms. The Balaban J connectivity index is 2.57. The zero-order chi connectivity index (χ0) is 14.7. The van der Waals surface area contributed by atoms with Gasteiger partial charge in [-0.1, -0.05) is 29.8 Å². The molecule has 0 saturated carbocycles. The summed E-state index contributed by atoms with van der Waals surface area (Å²) in [5, 5.41) is 3.19. The van der Waals surface area contributed by atoms with Crippen molar-refractivity contribution in [3.05, 3.63) is 40.2 Å². The first-order valence-corrected chi connectivity index (χ1v) is 7.38. The molecule has 1 aromatic carbocycles. The Morgan fingerprint density at radius 2 is 2.00 bits per heavy atom. The third kappa shape index (κ3) is 3.33. The molecule has 0 aliphatic rings. The van der Waals surface area contributed by atoms with Crippen LogP contribution in [0.15, 0.2) is 28.7 Å². The maximum absolute atomic E-state index is 13.4. The molecule has 0 amide bonds. The zero-order valence-electron chi connectivity index (χ0n) is 11.7. The third-order valence-electron chi connectivity index (χ3n) is 2.86. The fourth-order valence-electron chi connectivity index (χ4n) is 1.82. The number of rotatable bonds is 4. The number of nitrogens with one attached hydrogen (secondary N) is 1. The normalized spacial score (nSPS) is 10.9. The van der Waals surface area contributed by atoms with Gasteiger partial charge in [0, 0.05) is 28.3 Å². The molecule has 0 aliphatic carbocycles. The van der Waals surface area contributed by atoms with Crippen LogP contribution in [0.25, 0.3) is 11.4 Å². The van der Waals surface area contributed by atoms with Gasteiger partial charge in [0.05, 0.1) is 0 Å². The highest BCUT2D eigenvalue weighted by Gasteiger charge is 2.12. The van der Waals surface area contributed by atoms with Crippen LogP contribution in [0.4, 0.5) is 10.2 Å². The van der Waals surface area contributed by atoms with Crippen LogP contribution < -0.4 is 5.32 Å². The first-order chi connectivity index (χ1) is 9.51. The van der Waals surface area contributed by atoms with Gasteiger partial charge in [-0.3, -0.25) is 0 Å². The summed E-state index contributed by atoms with van der Waals surface area (Å²) in [4.78, 5) is 9.00. The van der Waals surface area contributed by atoms with Crippen molar-refractivity contribution in [2.75, 3.05) is 11.9 Å². The molecule has 0 atom stereocenters. The molecular formula is C15H17BrFN3. The molecule has 5 heteroatoms. The monoisotopic (exact) mass is 337 g/mol. The number of halogens is 2. The summed E-state index contributed by atoms with van der Waals surface area (Å²) in [6, 6.07) is 6.46. The second-order valence-electron chi connectivity index (χ2n) is 4.81. The van der Waals surface area contributed by atoms with Crippen molar-refractivity contribution in [1.82, 2.24) is 9.97 Å². The van der Waals surface area contributed by atoms with Gasteiger partial charge in [-0.15, -0.1) is 0 Å². The molecule has 0 saturated heterocycles. The van der Waals surface area contributed by atoms with E-state index in [0.29, 0.717) is 11.4 Å². The number of aromatic nitrogens is 2. The zero-order valence-corrected chi connectivity index (χ0v) is 13.3. The molecule has 0 radical (unpaired) electrons. The summed E-state index contributed by atoms with van der Waals surface area (Å²) < 4.78 is 14.2. The molecule has 0 spiro atoms. The first-order valence-electron chi connectivity index (χ1n) is 6.59. The van der Waals surface area contributed by atoms with E-state index >= 15 is 0 Å². The summed E-state index contributed by atoms with van der Waals surface area (Å²) >= 11 is 3.43. The lowest BCUT2D eigenvalue weighted by atomic mass is 10.1. The summed E-state index contributed by atoms with van der Waals surface area (Å²) in [5.41, 5.74) is 1.59. The third-order valence-corrected chi connectivity index (χ3v) is 3.56. The van der Waals surface area contributed by atoms with Gasteiger partial charge in [0.2, 0.25) is 0 Å². The summed E-state index contributed by atoms with van der Waals surface area (Å²) in [6.45, 7) is 6.93. The second-order valence-corrected chi connectivity index (χ2v) is 5.67. The van der Waals surface area contributed by atoms with Crippen LogP contribution in [-0.4, -0.2) is 16.5 Å². The van der Waals surface area contributed by atoms with E-state index in [1.807, 2.05) is 13.0 Å². The highest BCUT2D eigenvalue weighted by molar-refractivity contribution is 9.10. The van der Waals surface area contributed by atoms with Gasteiger partial charge in [0.15, 0.2) is 5.82 Å². The average Bonchev–Trinajstić information content (AvgIpc) is 2.41. The Hall–Kier alpha value is -1.49. The van der Waals surface area contributed by atoms with E-state index in [1.165, 1.54) is 12.1 Å². The predicted molar refractivity (Wildman–Crippen MR) is 83.4 cm³/mol. The van der Waals surface area contributed by atoms with Crippen LogP contribution >= 0.6 is 15.9 Å². The van der Waals surface area contributed by atoms with E-state index in [1.54, 1.807) is 6.07 Å². The first kappa shape index (κ1) is 14.9. The van der Waals surface area contributed by atoms with Crippen molar-refractivity contribution in [3.8, 4) is 11.4 Å². The van der Waals surface area contributed by atoms with Crippen LogP contribution in [0, 0.1) is 5.82 Å². The van der Waals surface area contributed by atoms with E-state index < -0.39 is 0 Å². The Bertz CT molecular complexity index is 614. The van der Waals surface area contributed by atoms with E-state index in [2.05, 4.69) is 45.1 Å². The van der Waals surface area contributed by atoms with Crippen LogP contribution in [-0.2, 0) is 0 Å². The Labute approximate surface area is 126 Å². The minimum atomic E-state index is -0.299. The topological polar surface area (TPSA) is 37.8 Å².